The molecule has 1 heterocycles. The van der Waals surface area contributed by atoms with Crippen molar-refractivity contribution in [3.8, 4) is 0 Å². The summed E-state index contributed by atoms with van der Waals surface area (Å²) in [6, 6.07) is 1.95. The average molecular weight is 222 g/mol. The molecule has 0 saturated carbocycles. The van der Waals surface area contributed by atoms with E-state index < -0.39 is 0 Å². The minimum absolute atomic E-state index is 0.614. The van der Waals surface area contributed by atoms with Crippen molar-refractivity contribution in [2.45, 2.75) is 33.6 Å². The van der Waals surface area contributed by atoms with E-state index >= 15 is 0 Å². The molecule has 0 spiro atoms. The lowest BCUT2D eigenvalue weighted by molar-refractivity contribution is 0.685. The highest BCUT2D eigenvalue weighted by atomic mass is 15.1. The Morgan fingerprint density at radius 3 is 2.50 bits per heavy atom. The Morgan fingerprint density at radius 1 is 1.25 bits per heavy atom. The number of aryl methyl sites for hydroxylation is 1. The van der Waals surface area contributed by atoms with Crippen LogP contribution in [0.4, 0.5) is 11.6 Å². The Balaban J connectivity index is 2.77. The first-order valence-electron chi connectivity index (χ1n) is 5.95. The van der Waals surface area contributed by atoms with Gasteiger partial charge in [0.1, 0.15) is 17.5 Å². The van der Waals surface area contributed by atoms with Crippen molar-refractivity contribution >= 4 is 11.6 Å². The van der Waals surface area contributed by atoms with E-state index in [1.807, 2.05) is 13.1 Å². The molecule has 4 nitrogen and oxygen atoms in total. The smallest absolute Gasteiger partial charge is 0.133 e. The highest BCUT2D eigenvalue weighted by molar-refractivity contribution is 5.47. The molecule has 4 heteroatoms. The van der Waals surface area contributed by atoms with Crippen molar-refractivity contribution in [1.82, 2.24) is 9.97 Å². The number of aromatic nitrogens is 2. The third-order valence-corrected chi connectivity index (χ3v) is 2.19. The molecule has 0 unspecified atom stereocenters. The van der Waals surface area contributed by atoms with Gasteiger partial charge in [0.25, 0.3) is 0 Å². The maximum atomic E-state index is 4.48. The summed E-state index contributed by atoms with van der Waals surface area (Å²) in [5.74, 6) is 3.31. The summed E-state index contributed by atoms with van der Waals surface area (Å²) in [6.45, 7) is 7.43. The molecule has 1 aromatic rings. The number of anilines is 2. The van der Waals surface area contributed by atoms with E-state index in [9.17, 15) is 0 Å². The number of nitrogens with zero attached hydrogens (tertiary/aromatic N) is 2. The predicted molar refractivity (Wildman–Crippen MR) is 68.9 cm³/mol. The van der Waals surface area contributed by atoms with Gasteiger partial charge >= 0.3 is 0 Å². The first-order valence-corrected chi connectivity index (χ1v) is 5.95. The van der Waals surface area contributed by atoms with Crippen LogP contribution in [0, 0.1) is 5.92 Å². The van der Waals surface area contributed by atoms with Gasteiger partial charge in [-0.3, -0.25) is 0 Å². The SMILES string of the molecule is CCCc1nc(NC)cc(NCC(C)C)n1. The van der Waals surface area contributed by atoms with Crippen molar-refractivity contribution in [3.05, 3.63) is 11.9 Å². The maximum absolute atomic E-state index is 4.48. The van der Waals surface area contributed by atoms with Gasteiger partial charge in [-0.1, -0.05) is 20.8 Å². The Hall–Kier alpha value is -1.32. The van der Waals surface area contributed by atoms with Crippen LogP contribution in [0.2, 0.25) is 0 Å². The summed E-state index contributed by atoms with van der Waals surface area (Å²) in [4.78, 5) is 8.89. The van der Waals surface area contributed by atoms with Crippen LogP contribution >= 0.6 is 0 Å². The Morgan fingerprint density at radius 2 is 1.94 bits per heavy atom. The Kier molecular flexibility index (Phi) is 5.02. The summed E-state index contributed by atoms with van der Waals surface area (Å²) in [6.07, 6.45) is 1.99. The van der Waals surface area contributed by atoms with E-state index in [-0.39, 0.29) is 0 Å². The van der Waals surface area contributed by atoms with Crippen LogP contribution in [0.1, 0.15) is 33.0 Å². The van der Waals surface area contributed by atoms with Crippen molar-refractivity contribution in [1.29, 1.82) is 0 Å². The second-order valence-corrected chi connectivity index (χ2v) is 4.33. The molecule has 0 aliphatic rings. The van der Waals surface area contributed by atoms with Gasteiger partial charge in [-0.15, -0.1) is 0 Å². The van der Waals surface area contributed by atoms with Crippen LogP contribution in [0.25, 0.3) is 0 Å². The first-order chi connectivity index (χ1) is 7.65. The fraction of sp³-hybridized carbons (Fsp3) is 0.667. The summed E-state index contributed by atoms with van der Waals surface area (Å²) >= 11 is 0. The molecule has 0 bridgehead atoms. The minimum Gasteiger partial charge on any atom is -0.373 e. The standard InChI is InChI=1S/C12H22N4/c1-5-6-10-15-11(13-4)7-12(16-10)14-8-9(2)3/h7,9H,5-6,8H2,1-4H3,(H2,13,14,15,16). The molecular formula is C12H22N4. The molecule has 90 valence electrons. The average Bonchev–Trinajstić information content (AvgIpc) is 2.26. The predicted octanol–water partition coefficient (Wildman–Crippen LogP) is 2.54. The summed E-state index contributed by atoms with van der Waals surface area (Å²) in [7, 11) is 1.88. The molecule has 1 aromatic heterocycles. The molecule has 0 aliphatic carbocycles. The number of rotatable bonds is 6. The molecule has 0 aromatic carbocycles. The normalized spacial score (nSPS) is 10.6. The van der Waals surface area contributed by atoms with Crippen molar-refractivity contribution in [3.63, 3.8) is 0 Å². The molecule has 0 atom stereocenters. The second-order valence-electron chi connectivity index (χ2n) is 4.33. The van der Waals surface area contributed by atoms with Gasteiger partial charge in [0.05, 0.1) is 0 Å². The van der Waals surface area contributed by atoms with E-state index in [2.05, 4.69) is 41.4 Å². The lowest BCUT2D eigenvalue weighted by atomic mass is 10.2. The van der Waals surface area contributed by atoms with Crippen LogP contribution in [-0.2, 0) is 6.42 Å². The van der Waals surface area contributed by atoms with Gasteiger partial charge in [-0.2, -0.15) is 0 Å². The zero-order chi connectivity index (χ0) is 12.0. The minimum atomic E-state index is 0.614. The van der Waals surface area contributed by atoms with Crippen molar-refractivity contribution in [2.75, 3.05) is 24.2 Å². The van der Waals surface area contributed by atoms with E-state index in [1.165, 1.54) is 0 Å². The molecule has 0 aliphatic heterocycles. The quantitative estimate of drug-likeness (QED) is 0.776. The van der Waals surface area contributed by atoms with Crippen molar-refractivity contribution < 1.29 is 0 Å². The number of hydrogen-bond donors (Lipinski definition) is 2. The molecule has 0 radical (unpaired) electrons. The van der Waals surface area contributed by atoms with Gasteiger partial charge < -0.3 is 10.6 Å². The van der Waals surface area contributed by atoms with Gasteiger partial charge in [-0.25, -0.2) is 9.97 Å². The fourth-order valence-electron chi connectivity index (χ4n) is 1.36. The Labute approximate surface area is 97.9 Å². The third kappa shape index (κ3) is 4.04. The van der Waals surface area contributed by atoms with Crippen LogP contribution in [-0.4, -0.2) is 23.6 Å². The molecular weight excluding hydrogens is 200 g/mol. The molecule has 16 heavy (non-hydrogen) atoms. The third-order valence-electron chi connectivity index (χ3n) is 2.19. The second kappa shape index (κ2) is 6.30. The molecule has 0 fully saturated rings. The largest absolute Gasteiger partial charge is 0.373 e. The lowest BCUT2D eigenvalue weighted by Crippen LogP contribution is -2.11. The van der Waals surface area contributed by atoms with Crippen molar-refractivity contribution in [2.24, 2.45) is 5.92 Å². The topological polar surface area (TPSA) is 49.8 Å². The van der Waals surface area contributed by atoms with E-state index in [0.29, 0.717) is 5.92 Å². The highest BCUT2D eigenvalue weighted by Gasteiger charge is 2.03. The van der Waals surface area contributed by atoms with E-state index in [0.717, 1.165) is 36.8 Å². The first kappa shape index (κ1) is 12.7. The molecule has 0 saturated heterocycles. The summed E-state index contributed by atoms with van der Waals surface area (Å²) in [5, 5.41) is 6.39. The molecule has 1 rings (SSSR count). The van der Waals surface area contributed by atoms with Gasteiger partial charge in [0.2, 0.25) is 0 Å². The van der Waals surface area contributed by atoms with Gasteiger partial charge in [-0.05, 0) is 12.3 Å². The van der Waals surface area contributed by atoms with Crippen LogP contribution in [0.15, 0.2) is 6.07 Å². The molecule has 2 N–H and O–H groups in total. The highest BCUT2D eigenvalue weighted by Crippen LogP contribution is 2.12. The van der Waals surface area contributed by atoms with Gasteiger partial charge in [0.15, 0.2) is 0 Å². The van der Waals surface area contributed by atoms with E-state index in [4.69, 9.17) is 0 Å². The summed E-state index contributed by atoms with van der Waals surface area (Å²) in [5.41, 5.74) is 0. The zero-order valence-corrected chi connectivity index (χ0v) is 10.7. The van der Waals surface area contributed by atoms with Crippen LogP contribution in [0.3, 0.4) is 0 Å². The fourth-order valence-corrected chi connectivity index (χ4v) is 1.36. The van der Waals surface area contributed by atoms with E-state index in [1.54, 1.807) is 0 Å². The maximum Gasteiger partial charge on any atom is 0.133 e. The number of nitrogens with one attached hydrogen (secondary N) is 2. The Bertz CT molecular complexity index is 323. The van der Waals surface area contributed by atoms with Crippen LogP contribution < -0.4 is 10.6 Å². The lowest BCUT2D eigenvalue weighted by Gasteiger charge is -2.11. The van der Waals surface area contributed by atoms with Crippen LogP contribution in [0.5, 0.6) is 0 Å². The van der Waals surface area contributed by atoms with Gasteiger partial charge in [0, 0.05) is 26.1 Å². The molecule has 0 amide bonds. The number of hydrogen-bond acceptors (Lipinski definition) is 4. The zero-order valence-electron chi connectivity index (χ0n) is 10.7. The summed E-state index contributed by atoms with van der Waals surface area (Å²) < 4.78 is 0. The monoisotopic (exact) mass is 222 g/mol.